The van der Waals surface area contributed by atoms with Gasteiger partial charge in [0.05, 0.1) is 11.8 Å². The van der Waals surface area contributed by atoms with E-state index in [-0.39, 0.29) is 11.5 Å². The van der Waals surface area contributed by atoms with Crippen molar-refractivity contribution in [2.24, 2.45) is 0 Å². The molecule has 2 N–H and O–H groups in total. The summed E-state index contributed by atoms with van der Waals surface area (Å²) in [4.78, 5) is 27.1. The lowest BCUT2D eigenvalue weighted by Gasteiger charge is -2.27. The highest BCUT2D eigenvalue weighted by Crippen LogP contribution is 2.22. The Kier molecular flexibility index (Phi) is 4.65. The fraction of sp³-hybridized carbons (Fsp3) is 0.190. The van der Waals surface area contributed by atoms with Gasteiger partial charge in [0.2, 0.25) is 0 Å². The molecule has 1 aliphatic rings. The fourth-order valence-electron chi connectivity index (χ4n) is 3.30. The summed E-state index contributed by atoms with van der Waals surface area (Å²) in [5.41, 5.74) is 3.78. The van der Waals surface area contributed by atoms with Crippen molar-refractivity contribution in [3.05, 3.63) is 82.4 Å². The highest BCUT2D eigenvalue weighted by Gasteiger charge is 2.23. The highest BCUT2D eigenvalue weighted by molar-refractivity contribution is 6.05. The molecule has 0 saturated carbocycles. The molecule has 142 valence electrons. The molecule has 2 heterocycles. The minimum absolute atomic E-state index is 0.0397. The minimum atomic E-state index is -0.589. The topological polar surface area (TPSA) is 78.1 Å². The van der Waals surface area contributed by atoms with Crippen LogP contribution >= 0.6 is 0 Å². The molecule has 1 aliphatic heterocycles. The number of nitrogens with zero attached hydrogens (tertiary/aromatic N) is 2. The maximum atomic E-state index is 13.9. The summed E-state index contributed by atoms with van der Waals surface area (Å²) in [6, 6.07) is 10.9. The molecule has 0 aliphatic carbocycles. The molecular formula is C21H19FN4O2. The van der Waals surface area contributed by atoms with E-state index in [0.717, 1.165) is 23.2 Å². The van der Waals surface area contributed by atoms with E-state index in [9.17, 15) is 14.0 Å². The summed E-state index contributed by atoms with van der Waals surface area (Å²) in [7, 11) is 0. The lowest BCUT2D eigenvalue weighted by atomic mass is 10.0. The average molecular weight is 378 g/mol. The number of carbonyl (C=O) groups is 2. The van der Waals surface area contributed by atoms with Crippen molar-refractivity contribution < 1.29 is 14.0 Å². The number of hydrogen-bond acceptors (Lipinski definition) is 3. The number of nitrogens with one attached hydrogen (secondary N) is 2. The van der Waals surface area contributed by atoms with Gasteiger partial charge in [-0.2, -0.15) is 5.10 Å². The number of rotatable bonds is 3. The van der Waals surface area contributed by atoms with Crippen molar-refractivity contribution in [1.29, 1.82) is 0 Å². The van der Waals surface area contributed by atoms with E-state index in [4.69, 9.17) is 0 Å². The average Bonchev–Trinajstić information content (AvgIpc) is 3.17. The molecule has 2 aromatic carbocycles. The van der Waals surface area contributed by atoms with Crippen LogP contribution in [-0.2, 0) is 13.0 Å². The van der Waals surface area contributed by atoms with Gasteiger partial charge in [0.25, 0.3) is 11.8 Å². The Labute approximate surface area is 161 Å². The standard InChI is InChI=1S/C21H19FN4O2/c1-13-6-7-14(21(28)26-9-8-18-15(12-26)11-23-25-18)10-19(13)24-20(27)16-4-2-3-5-17(16)22/h2-7,10-11H,8-9,12H2,1H3,(H,23,25)(H,24,27). The third-order valence-corrected chi connectivity index (χ3v) is 4.94. The second kappa shape index (κ2) is 7.26. The van der Waals surface area contributed by atoms with E-state index in [2.05, 4.69) is 15.5 Å². The quantitative estimate of drug-likeness (QED) is 0.734. The number of aromatic amines is 1. The predicted octanol–water partition coefficient (Wildman–Crippen LogP) is 3.31. The number of aryl methyl sites for hydroxylation is 1. The number of amides is 2. The van der Waals surface area contributed by atoms with Crippen LogP contribution in [0, 0.1) is 12.7 Å². The highest BCUT2D eigenvalue weighted by atomic mass is 19.1. The zero-order valence-corrected chi connectivity index (χ0v) is 15.3. The molecule has 0 unspecified atom stereocenters. The molecule has 0 radical (unpaired) electrons. The summed E-state index contributed by atoms with van der Waals surface area (Å²) >= 11 is 0. The Balaban J connectivity index is 1.55. The van der Waals surface area contributed by atoms with Crippen LogP contribution in [0.2, 0.25) is 0 Å². The smallest absolute Gasteiger partial charge is 0.258 e. The van der Waals surface area contributed by atoms with Gasteiger partial charge in [-0.3, -0.25) is 14.7 Å². The Morgan fingerprint density at radius 1 is 1.21 bits per heavy atom. The number of fused-ring (bicyclic) bond motifs is 1. The molecule has 0 bridgehead atoms. The van der Waals surface area contributed by atoms with Crippen LogP contribution in [0.1, 0.15) is 37.5 Å². The zero-order valence-electron chi connectivity index (χ0n) is 15.3. The molecule has 6 nitrogen and oxygen atoms in total. The predicted molar refractivity (Wildman–Crippen MR) is 103 cm³/mol. The summed E-state index contributed by atoms with van der Waals surface area (Å²) < 4.78 is 13.9. The van der Waals surface area contributed by atoms with Gasteiger partial charge in [0, 0.05) is 42.0 Å². The van der Waals surface area contributed by atoms with E-state index in [1.54, 1.807) is 35.4 Å². The van der Waals surface area contributed by atoms with Crippen molar-refractivity contribution in [3.63, 3.8) is 0 Å². The third kappa shape index (κ3) is 3.38. The van der Waals surface area contributed by atoms with Gasteiger partial charge in [-0.15, -0.1) is 0 Å². The number of aromatic nitrogens is 2. The Bertz CT molecular complexity index is 1060. The molecule has 0 fully saturated rings. The second-order valence-corrected chi connectivity index (χ2v) is 6.81. The van der Waals surface area contributed by atoms with Crippen molar-refractivity contribution >= 4 is 17.5 Å². The van der Waals surface area contributed by atoms with E-state index in [0.29, 0.717) is 24.3 Å². The number of halogens is 1. The van der Waals surface area contributed by atoms with Crippen LogP contribution in [0.4, 0.5) is 10.1 Å². The molecule has 2 amide bonds. The van der Waals surface area contributed by atoms with Crippen molar-refractivity contribution in [3.8, 4) is 0 Å². The Hall–Kier alpha value is -3.48. The lowest BCUT2D eigenvalue weighted by Crippen LogP contribution is -2.35. The SMILES string of the molecule is Cc1ccc(C(=O)N2CCc3[nH]ncc3C2)cc1NC(=O)c1ccccc1F. The van der Waals surface area contributed by atoms with Gasteiger partial charge in [-0.25, -0.2) is 4.39 Å². The lowest BCUT2D eigenvalue weighted by molar-refractivity contribution is 0.0734. The monoisotopic (exact) mass is 378 g/mol. The van der Waals surface area contributed by atoms with Crippen LogP contribution in [0.25, 0.3) is 0 Å². The number of hydrogen-bond donors (Lipinski definition) is 2. The molecule has 3 aromatic rings. The van der Waals surface area contributed by atoms with Gasteiger partial charge >= 0.3 is 0 Å². The number of H-pyrrole nitrogens is 1. The summed E-state index contributed by atoms with van der Waals surface area (Å²) in [5, 5.41) is 9.68. The van der Waals surface area contributed by atoms with Crippen molar-refractivity contribution in [2.75, 3.05) is 11.9 Å². The molecule has 7 heteroatoms. The van der Waals surface area contributed by atoms with Gasteiger partial charge < -0.3 is 10.2 Å². The van der Waals surface area contributed by atoms with E-state index in [1.807, 2.05) is 6.92 Å². The van der Waals surface area contributed by atoms with Crippen LogP contribution in [0.3, 0.4) is 0 Å². The first-order valence-corrected chi connectivity index (χ1v) is 9.00. The number of benzene rings is 2. The molecule has 0 atom stereocenters. The van der Waals surface area contributed by atoms with Crippen LogP contribution in [-0.4, -0.2) is 33.5 Å². The van der Waals surface area contributed by atoms with Gasteiger partial charge in [0.15, 0.2) is 0 Å². The molecule has 1 aromatic heterocycles. The first-order chi connectivity index (χ1) is 13.5. The van der Waals surface area contributed by atoms with Gasteiger partial charge in [0.1, 0.15) is 5.82 Å². The number of carbonyl (C=O) groups excluding carboxylic acids is 2. The zero-order chi connectivity index (χ0) is 19.7. The Morgan fingerprint density at radius 2 is 2.04 bits per heavy atom. The van der Waals surface area contributed by atoms with Gasteiger partial charge in [-0.1, -0.05) is 18.2 Å². The molecule has 4 rings (SSSR count). The minimum Gasteiger partial charge on any atom is -0.334 e. The van der Waals surface area contributed by atoms with Crippen LogP contribution in [0.15, 0.2) is 48.7 Å². The van der Waals surface area contributed by atoms with Gasteiger partial charge in [-0.05, 0) is 36.8 Å². The van der Waals surface area contributed by atoms with E-state index >= 15 is 0 Å². The summed E-state index contributed by atoms with van der Waals surface area (Å²) in [5.74, 6) is -1.26. The molecule has 0 spiro atoms. The maximum absolute atomic E-state index is 13.9. The first-order valence-electron chi connectivity index (χ1n) is 9.00. The van der Waals surface area contributed by atoms with Crippen LogP contribution in [0.5, 0.6) is 0 Å². The number of anilines is 1. The second-order valence-electron chi connectivity index (χ2n) is 6.81. The third-order valence-electron chi connectivity index (χ3n) is 4.94. The maximum Gasteiger partial charge on any atom is 0.258 e. The molecular weight excluding hydrogens is 359 g/mol. The van der Waals surface area contributed by atoms with Crippen molar-refractivity contribution in [1.82, 2.24) is 15.1 Å². The summed E-state index contributed by atoms with van der Waals surface area (Å²) in [6.07, 6.45) is 2.47. The van der Waals surface area contributed by atoms with E-state index < -0.39 is 11.7 Å². The molecule has 0 saturated heterocycles. The summed E-state index contributed by atoms with van der Waals surface area (Å²) in [6.45, 7) is 2.91. The fourth-order valence-corrected chi connectivity index (χ4v) is 3.30. The largest absolute Gasteiger partial charge is 0.334 e. The van der Waals surface area contributed by atoms with Crippen LogP contribution < -0.4 is 5.32 Å². The molecule has 28 heavy (non-hydrogen) atoms. The first kappa shape index (κ1) is 17.9. The normalized spacial score (nSPS) is 13.1. The van der Waals surface area contributed by atoms with Crippen molar-refractivity contribution in [2.45, 2.75) is 19.9 Å². The van der Waals surface area contributed by atoms with E-state index in [1.165, 1.54) is 18.2 Å². The Morgan fingerprint density at radius 3 is 2.86 bits per heavy atom.